The predicted molar refractivity (Wildman–Crippen MR) is 41.0 cm³/mol. The van der Waals surface area contributed by atoms with Crippen LogP contribution in [0.3, 0.4) is 0 Å². The number of aromatic hydroxyl groups is 1. The lowest BCUT2D eigenvalue weighted by atomic mass is 10.1. The smallest absolute Gasteiger partial charge is 0.119 e. The summed E-state index contributed by atoms with van der Waals surface area (Å²) in [6.45, 7) is 9.34. The fraction of sp³-hybridized carbons (Fsp3) is 0.222. The Bertz CT molecular complexity index is 201. The average molecular weight is 134 g/mol. The van der Waals surface area contributed by atoms with Crippen molar-refractivity contribution in [2.45, 2.75) is 13.8 Å². The summed E-state index contributed by atoms with van der Waals surface area (Å²) in [6, 6.07) is 3.44. The van der Waals surface area contributed by atoms with Gasteiger partial charge in [-0.2, -0.15) is 0 Å². The first kappa shape index (κ1) is 7.13. The van der Waals surface area contributed by atoms with Gasteiger partial charge in [0.2, 0.25) is 0 Å². The van der Waals surface area contributed by atoms with Crippen molar-refractivity contribution in [3.8, 4) is 5.75 Å². The van der Waals surface area contributed by atoms with E-state index in [4.69, 9.17) is 12.0 Å². The molecule has 0 saturated carbocycles. The van der Waals surface area contributed by atoms with Gasteiger partial charge in [0.15, 0.2) is 0 Å². The lowest BCUT2D eigenvalue weighted by Gasteiger charge is -2.02. The van der Waals surface area contributed by atoms with E-state index in [0.717, 1.165) is 11.1 Å². The second-order valence-corrected chi connectivity index (χ2v) is 2.50. The molecule has 0 atom stereocenters. The minimum Gasteiger partial charge on any atom is -0.508 e. The minimum absolute atomic E-state index is 0.170. The number of rotatable bonds is 0. The first-order valence-corrected chi connectivity index (χ1v) is 3.17. The molecule has 0 bridgehead atoms. The SMILES string of the molecule is [CH]c1cc(C)c(C)cc1O. The van der Waals surface area contributed by atoms with Gasteiger partial charge in [0.05, 0.1) is 0 Å². The zero-order valence-electron chi connectivity index (χ0n) is 6.18. The van der Waals surface area contributed by atoms with Crippen LogP contribution in [0.5, 0.6) is 5.75 Å². The third-order valence-corrected chi connectivity index (χ3v) is 1.64. The molecule has 0 aliphatic rings. The van der Waals surface area contributed by atoms with Crippen molar-refractivity contribution >= 4 is 0 Å². The first-order valence-electron chi connectivity index (χ1n) is 3.17. The van der Waals surface area contributed by atoms with Crippen LogP contribution in [0.25, 0.3) is 0 Å². The lowest BCUT2D eigenvalue weighted by Crippen LogP contribution is -1.82. The molecule has 0 saturated heterocycles. The van der Waals surface area contributed by atoms with Crippen LogP contribution in [0.1, 0.15) is 16.7 Å². The Morgan fingerprint density at radius 2 is 1.70 bits per heavy atom. The Hall–Kier alpha value is -0.980. The van der Waals surface area contributed by atoms with Crippen molar-refractivity contribution in [1.29, 1.82) is 0 Å². The molecule has 1 aromatic rings. The van der Waals surface area contributed by atoms with Gasteiger partial charge in [-0.05, 0) is 36.6 Å². The standard InChI is InChI=1S/C9H10O/c1-6-4-8(3)9(10)5-7(6)2/h3-5,10H,1-2H3. The Labute approximate surface area is 61.3 Å². The quantitative estimate of drug-likeness (QED) is 0.576. The molecule has 52 valence electrons. The second-order valence-electron chi connectivity index (χ2n) is 2.50. The Kier molecular flexibility index (Phi) is 1.66. The molecule has 10 heavy (non-hydrogen) atoms. The van der Waals surface area contributed by atoms with Gasteiger partial charge in [0, 0.05) is 6.92 Å². The number of phenols is 1. The second kappa shape index (κ2) is 2.33. The zero-order chi connectivity index (χ0) is 7.72. The van der Waals surface area contributed by atoms with Crippen LogP contribution >= 0.6 is 0 Å². The van der Waals surface area contributed by atoms with Crippen LogP contribution in [0, 0.1) is 20.8 Å². The summed E-state index contributed by atoms with van der Waals surface area (Å²) in [6.07, 6.45) is 0. The van der Waals surface area contributed by atoms with E-state index in [0.29, 0.717) is 5.56 Å². The monoisotopic (exact) mass is 134 g/mol. The van der Waals surface area contributed by atoms with Gasteiger partial charge in [0.25, 0.3) is 0 Å². The summed E-state index contributed by atoms with van der Waals surface area (Å²) < 4.78 is 0. The van der Waals surface area contributed by atoms with E-state index in [1.807, 2.05) is 13.8 Å². The summed E-state index contributed by atoms with van der Waals surface area (Å²) in [5.74, 6) is 0.170. The Morgan fingerprint density at radius 1 is 1.20 bits per heavy atom. The highest BCUT2D eigenvalue weighted by Crippen LogP contribution is 2.19. The van der Waals surface area contributed by atoms with Gasteiger partial charge in [-0.3, -0.25) is 0 Å². The van der Waals surface area contributed by atoms with Gasteiger partial charge in [-0.15, -0.1) is 0 Å². The number of hydrogen-bond acceptors (Lipinski definition) is 1. The molecule has 0 aromatic heterocycles. The van der Waals surface area contributed by atoms with Crippen molar-refractivity contribution in [2.75, 3.05) is 0 Å². The molecular weight excluding hydrogens is 124 g/mol. The van der Waals surface area contributed by atoms with Gasteiger partial charge in [0.1, 0.15) is 5.75 Å². The summed E-state index contributed by atoms with van der Waals surface area (Å²) >= 11 is 0. The molecule has 2 radical (unpaired) electrons. The molecule has 0 heterocycles. The van der Waals surface area contributed by atoms with Gasteiger partial charge in [-0.25, -0.2) is 0 Å². The fourth-order valence-electron chi connectivity index (χ4n) is 0.823. The molecular formula is C9H10O. The molecule has 0 amide bonds. The fourth-order valence-corrected chi connectivity index (χ4v) is 0.823. The highest BCUT2D eigenvalue weighted by molar-refractivity contribution is 5.42. The maximum Gasteiger partial charge on any atom is 0.119 e. The molecule has 1 heteroatoms. The van der Waals surface area contributed by atoms with E-state index < -0.39 is 0 Å². The van der Waals surface area contributed by atoms with Crippen LogP contribution in [0.15, 0.2) is 12.1 Å². The van der Waals surface area contributed by atoms with Crippen molar-refractivity contribution in [1.82, 2.24) is 0 Å². The number of benzene rings is 1. The molecule has 1 nitrogen and oxygen atoms in total. The summed E-state index contributed by atoms with van der Waals surface area (Å²) in [5.41, 5.74) is 2.62. The van der Waals surface area contributed by atoms with Crippen LogP contribution in [-0.4, -0.2) is 5.11 Å². The molecule has 1 N–H and O–H groups in total. The summed E-state index contributed by atoms with van der Waals surface area (Å²) in [7, 11) is 0. The molecule has 0 aliphatic carbocycles. The van der Waals surface area contributed by atoms with E-state index in [9.17, 15) is 0 Å². The Morgan fingerprint density at radius 3 is 2.20 bits per heavy atom. The van der Waals surface area contributed by atoms with Crippen molar-refractivity contribution < 1.29 is 5.11 Å². The summed E-state index contributed by atoms with van der Waals surface area (Å²) in [5, 5.41) is 9.10. The minimum atomic E-state index is 0.170. The highest BCUT2D eigenvalue weighted by Gasteiger charge is 1.97. The van der Waals surface area contributed by atoms with E-state index in [2.05, 4.69) is 0 Å². The normalized spacial score (nSPS) is 9.90. The topological polar surface area (TPSA) is 20.2 Å². The largest absolute Gasteiger partial charge is 0.508 e. The van der Waals surface area contributed by atoms with Crippen molar-refractivity contribution in [2.24, 2.45) is 0 Å². The van der Waals surface area contributed by atoms with Crippen LogP contribution in [0.2, 0.25) is 0 Å². The number of phenolic OH excluding ortho intramolecular Hbond substituents is 1. The van der Waals surface area contributed by atoms with E-state index in [1.165, 1.54) is 0 Å². The number of aryl methyl sites for hydroxylation is 2. The maximum absolute atomic E-state index is 9.10. The third-order valence-electron chi connectivity index (χ3n) is 1.64. The molecule has 0 fully saturated rings. The average Bonchev–Trinajstić information content (AvgIpc) is 1.84. The first-order chi connectivity index (χ1) is 4.61. The van der Waals surface area contributed by atoms with E-state index in [-0.39, 0.29) is 5.75 Å². The van der Waals surface area contributed by atoms with E-state index >= 15 is 0 Å². The third kappa shape index (κ3) is 1.13. The van der Waals surface area contributed by atoms with Crippen molar-refractivity contribution in [3.63, 3.8) is 0 Å². The maximum atomic E-state index is 9.10. The highest BCUT2D eigenvalue weighted by atomic mass is 16.3. The number of hydrogen-bond donors (Lipinski definition) is 1. The van der Waals surface area contributed by atoms with Gasteiger partial charge >= 0.3 is 0 Å². The van der Waals surface area contributed by atoms with Gasteiger partial charge in [-0.1, -0.05) is 6.07 Å². The molecule has 0 spiro atoms. The molecule has 0 aliphatic heterocycles. The zero-order valence-corrected chi connectivity index (χ0v) is 6.18. The van der Waals surface area contributed by atoms with Crippen LogP contribution < -0.4 is 0 Å². The van der Waals surface area contributed by atoms with E-state index in [1.54, 1.807) is 12.1 Å². The van der Waals surface area contributed by atoms with Gasteiger partial charge < -0.3 is 5.11 Å². The van der Waals surface area contributed by atoms with Crippen LogP contribution in [-0.2, 0) is 0 Å². The van der Waals surface area contributed by atoms with Crippen LogP contribution in [0.4, 0.5) is 0 Å². The molecule has 1 rings (SSSR count). The molecule has 0 unspecified atom stereocenters. The van der Waals surface area contributed by atoms with Crippen molar-refractivity contribution in [3.05, 3.63) is 35.7 Å². The lowest BCUT2D eigenvalue weighted by molar-refractivity contribution is 0.472. The summed E-state index contributed by atoms with van der Waals surface area (Å²) in [4.78, 5) is 0. The predicted octanol–water partition coefficient (Wildman–Crippen LogP) is 2.07. The Balaban J connectivity index is 3.28. The molecule has 1 aromatic carbocycles.